The summed E-state index contributed by atoms with van der Waals surface area (Å²) < 4.78 is 34.0. The molecule has 5 heteroatoms. The van der Waals surface area contributed by atoms with Gasteiger partial charge in [-0.05, 0) is 24.2 Å². The lowest BCUT2D eigenvalue weighted by molar-refractivity contribution is 0.483. The van der Waals surface area contributed by atoms with Crippen LogP contribution in [-0.2, 0) is 10.1 Å². The Labute approximate surface area is 133 Å². The van der Waals surface area contributed by atoms with E-state index in [2.05, 4.69) is 41.5 Å². The van der Waals surface area contributed by atoms with Crippen molar-refractivity contribution in [2.45, 2.75) is 79.4 Å². The largest absolute Gasteiger partial charge is 0.285 e. The predicted octanol–water partition coefficient (Wildman–Crippen LogP) is 5.16. The molecule has 0 aromatic carbocycles. The molecule has 0 bridgehead atoms. The summed E-state index contributed by atoms with van der Waals surface area (Å²) in [4.78, 5) is 0.508. The smallest absolute Gasteiger partial charge is 0.269 e. The van der Waals surface area contributed by atoms with E-state index in [-0.39, 0.29) is 0 Å². The maximum Gasteiger partial charge on any atom is 0.269 e. The van der Waals surface area contributed by atoms with E-state index < -0.39 is 18.2 Å². The van der Waals surface area contributed by atoms with E-state index in [1.54, 1.807) is 0 Å². The Morgan fingerprint density at radius 2 is 1.24 bits per heavy atom. The summed E-state index contributed by atoms with van der Waals surface area (Å²) >= 11 is 0. The molecule has 3 nitrogen and oxygen atoms in total. The summed E-state index contributed by atoms with van der Waals surface area (Å²) in [5.41, 5.74) is 0. The zero-order chi connectivity index (χ0) is 16.8. The monoisotopic (exact) mass is 335 g/mol. The molecular weight excluding hydrogens is 300 g/mol. The molecule has 0 aromatic rings. The molecule has 0 fully saturated rings. The molecule has 0 rings (SSSR count). The molecule has 0 atom stereocenters. The first-order chi connectivity index (χ1) is 9.44. The molecule has 0 spiro atoms. The van der Waals surface area contributed by atoms with Crippen molar-refractivity contribution in [3.05, 3.63) is 4.87 Å². The molecule has 0 heterocycles. The Morgan fingerprint density at radius 1 is 0.905 bits per heavy atom. The lowest BCUT2D eigenvalue weighted by atomic mass is 10.2. The summed E-state index contributed by atoms with van der Waals surface area (Å²) in [5, 5.41) is 0. The van der Waals surface area contributed by atoms with Crippen LogP contribution in [0.5, 0.6) is 0 Å². The second-order valence-electron chi connectivity index (χ2n) is 7.72. The van der Waals surface area contributed by atoms with Crippen molar-refractivity contribution in [1.82, 2.24) is 0 Å². The van der Waals surface area contributed by atoms with Crippen LogP contribution in [0.3, 0.4) is 0 Å². The number of rotatable bonds is 10. The van der Waals surface area contributed by atoms with E-state index in [0.717, 1.165) is 24.6 Å². The normalized spacial score (nSPS) is 13.9. The summed E-state index contributed by atoms with van der Waals surface area (Å²) in [7, 11) is -6.24. The Bertz CT molecular complexity index is 362. The molecule has 0 aliphatic rings. The van der Waals surface area contributed by atoms with Crippen LogP contribution in [0.2, 0.25) is 18.1 Å². The Hall–Kier alpha value is 0.127. The van der Waals surface area contributed by atoms with E-state index in [1.165, 1.54) is 0 Å². The van der Waals surface area contributed by atoms with Crippen LogP contribution in [0.15, 0.2) is 0 Å². The van der Waals surface area contributed by atoms with Gasteiger partial charge in [-0.25, -0.2) is 0 Å². The van der Waals surface area contributed by atoms with Gasteiger partial charge in [-0.2, -0.15) is 8.42 Å². The Morgan fingerprint density at radius 3 is 1.43 bits per heavy atom. The van der Waals surface area contributed by atoms with Crippen LogP contribution in [-0.4, -0.2) is 21.0 Å². The molecule has 0 aromatic heterocycles. The van der Waals surface area contributed by atoms with Gasteiger partial charge in [-0.15, -0.1) is 0 Å². The molecule has 0 saturated carbocycles. The molecule has 0 aliphatic heterocycles. The van der Waals surface area contributed by atoms with E-state index in [1.807, 2.05) is 6.92 Å². The van der Waals surface area contributed by atoms with Crippen molar-refractivity contribution in [2.24, 2.45) is 17.8 Å². The highest BCUT2D eigenvalue weighted by atomic mass is 32.2. The van der Waals surface area contributed by atoms with Crippen LogP contribution in [0.1, 0.15) is 61.3 Å². The molecule has 21 heavy (non-hydrogen) atoms. The Kier molecular flexibility index (Phi) is 8.73. The van der Waals surface area contributed by atoms with Crippen LogP contribution >= 0.6 is 0 Å². The molecule has 0 unspecified atom stereocenters. The van der Waals surface area contributed by atoms with Gasteiger partial charge in [-0.1, -0.05) is 73.0 Å². The molecular formula is C16H35O3SSi. The average Bonchev–Trinajstić information content (AvgIpc) is 2.20. The van der Waals surface area contributed by atoms with Gasteiger partial charge in [0, 0.05) is 0 Å². The summed E-state index contributed by atoms with van der Waals surface area (Å²) in [6.07, 6.45) is 1.30. The fraction of sp³-hybridized carbons (Fsp3) is 0.938. The standard InChI is InChI=1S/C16H35O3SSi/c1-8-9-16(20(17,18)19)21(10-13(2)3,11-14(4)5)12-15(6)7/h13-15H,8-12H2,1-7H3,(H,17,18,19). The second-order valence-corrected chi connectivity index (χ2v) is 13.9. The minimum absolute atomic E-state index is 0.461. The third-order valence-corrected chi connectivity index (χ3v) is 12.9. The van der Waals surface area contributed by atoms with Crippen LogP contribution in [0.4, 0.5) is 0 Å². The highest BCUT2D eigenvalue weighted by Gasteiger charge is 2.48. The maximum atomic E-state index is 12.1. The Balaban J connectivity index is 5.87. The van der Waals surface area contributed by atoms with Crippen molar-refractivity contribution < 1.29 is 13.0 Å². The first-order valence-electron chi connectivity index (χ1n) is 8.28. The van der Waals surface area contributed by atoms with Crippen LogP contribution in [0.25, 0.3) is 0 Å². The van der Waals surface area contributed by atoms with Crippen molar-refractivity contribution in [1.29, 1.82) is 0 Å². The molecule has 0 saturated heterocycles. The van der Waals surface area contributed by atoms with Gasteiger partial charge in [0.1, 0.15) is 4.87 Å². The predicted molar refractivity (Wildman–Crippen MR) is 94.4 cm³/mol. The van der Waals surface area contributed by atoms with Gasteiger partial charge in [-0.3, -0.25) is 4.55 Å². The fourth-order valence-corrected chi connectivity index (χ4v) is 13.9. The lowest BCUT2D eigenvalue weighted by Gasteiger charge is -2.40. The summed E-state index contributed by atoms with van der Waals surface area (Å²) in [6, 6.07) is 2.87. The zero-order valence-corrected chi connectivity index (χ0v) is 16.8. The zero-order valence-electron chi connectivity index (χ0n) is 14.9. The molecule has 0 amide bonds. The molecule has 1 radical (unpaired) electrons. The van der Waals surface area contributed by atoms with E-state index in [4.69, 9.17) is 0 Å². The first kappa shape index (κ1) is 21.1. The summed E-state index contributed by atoms with van der Waals surface area (Å²) in [6.45, 7) is 15.0. The second kappa shape index (κ2) is 8.68. The van der Waals surface area contributed by atoms with Crippen molar-refractivity contribution >= 4 is 18.2 Å². The fourth-order valence-electron chi connectivity index (χ4n) is 3.83. The molecule has 127 valence electrons. The minimum Gasteiger partial charge on any atom is -0.285 e. The van der Waals surface area contributed by atoms with Crippen LogP contribution < -0.4 is 0 Å². The van der Waals surface area contributed by atoms with E-state index >= 15 is 0 Å². The SMILES string of the molecule is CCC[C]([Si](CC(C)C)(CC(C)C)CC(C)C)S(=O)(=O)O. The van der Waals surface area contributed by atoms with Gasteiger partial charge >= 0.3 is 0 Å². The average molecular weight is 336 g/mol. The number of hydrogen-bond acceptors (Lipinski definition) is 2. The highest BCUT2D eigenvalue weighted by Crippen LogP contribution is 2.43. The van der Waals surface area contributed by atoms with Gasteiger partial charge in [0.25, 0.3) is 10.1 Å². The first-order valence-corrected chi connectivity index (χ1v) is 12.3. The van der Waals surface area contributed by atoms with Gasteiger partial charge in [0.15, 0.2) is 0 Å². The third-order valence-electron chi connectivity index (χ3n) is 3.78. The van der Waals surface area contributed by atoms with Gasteiger partial charge in [0.2, 0.25) is 0 Å². The minimum atomic E-state index is -4.04. The third kappa shape index (κ3) is 7.29. The number of hydrogen-bond donors (Lipinski definition) is 1. The summed E-state index contributed by atoms with van der Waals surface area (Å²) in [5.74, 6) is 1.38. The van der Waals surface area contributed by atoms with Crippen molar-refractivity contribution in [3.8, 4) is 0 Å². The van der Waals surface area contributed by atoms with Crippen molar-refractivity contribution in [3.63, 3.8) is 0 Å². The molecule has 0 aliphatic carbocycles. The van der Waals surface area contributed by atoms with E-state index in [0.29, 0.717) is 29.0 Å². The van der Waals surface area contributed by atoms with Gasteiger partial charge in [0.05, 0.1) is 8.07 Å². The quantitative estimate of drug-likeness (QED) is 0.443. The molecule has 1 N–H and O–H groups in total. The highest BCUT2D eigenvalue weighted by molar-refractivity contribution is 7.91. The maximum absolute atomic E-state index is 12.1. The lowest BCUT2D eigenvalue weighted by Crippen LogP contribution is -2.48. The van der Waals surface area contributed by atoms with Crippen LogP contribution in [0, 0.1) is 22.6 Å². The van der Waals surface area contributed by atoms with Crippen molar-refractivity contribution in [2.75, 3.05) is 0 Å². The van der Waals surface area contributed by atoms with E-state index in [9.17, 15) is 13.0 Å². The van der Waals surface area contributed by atoms with Gasteiger partial charge < -0.3 is 0 Å². The topological polar surface area (TPSA) is 54.4 Å².